The highest BCUT2D eigenvalue weighted by Gasteiger charge is 2.10. The number of carbonyl (C=O) groups is 2. The lowest BCUT2D eigenvalue weighted by molar-refractivity contribution is -0.112. The quantitative estimate of drug-likeness (QED) is 0.493. The van der Waals surface area contributed by atoms with E-state index in [-0.39, 0.29) is 11.4 Å². The second-order valence-electron chi connectivity index (χ2n) is 5.70. The Morgan fingerprint density at radius 3 is 2.44 bits per heavy atom. The van der Waals surface area contributed by atoms with Gasteiger partial charge in [-0.2, -0.15) is 5.26 Å². The number of carbonyl (C=O) groups excluding carboxylic acids is 2. The Kier molecular flexibility index (Phi) is 5.70. The van der Waals surface area contributed by atoms with Crippen LogP contribution in [0.15, 0.2) is 54.2 Å². The topological polar surface area (TPSA) is 82.0 Å². The fraction of sp³-hybridized carbons (Fsp3) is 0.150. The van der Waals surface area contributed by atoms with Crippen LogP contribution in [0, 0.1) is 25.2 Å². The fourth-order valence-electron chi connectivity index (χ4n) is 2.15. The van der Waals surface area contributed by atoms with Crippen LogP contribution in [0.25, 0.3) is 0 Å². The van der Waals surface area contributed by atoms with Crippen LogP contribution in [0.4, 0.5) is 11.4 Å². The van der Waals surface area contributed by atoms with Crippen molar-refractivity contribution in [2.24, 2.45) is 0 Å². The minimum atomic E-state index is -0.542. The van der Waals surface area contributed by atoms with E-state index in [1.807, 2.05) is 38.1 Å². The van der Waals surface area contributed by atoms with E-state index < -0.39 is 5.91 Å². The van der Waals surface area contributed by atoms with Gasteiger partial charge in [0.15, 0.2) is 5.78 Å². The van der Waals surface area contributed by atoms with E-state index in [2.05, 4.69) is 10.6 Å². The van der Waals surface area contributed by atoms with E-state index >= 15 is 0 Å². The molecule has 0 aliphatic rings. The molecule has 0 saturated heterocycles. The molecule has 5 nitrogen and oxygen atoms in total. The van der Waals surface area contributed by atoms with Crippen LogP contribution in [0.5, 0.6) is 0 Å². The number of Topliss-reactive ketones (excluding diaryl/α,β-unsaturated/α-hetero) is 1. The highest BCUT2D eigenvalue weighted by molar-refractivity contribution is 6.07. The van der Waals surface area contributed by atoms with Crippen molar-refractivity contribution in [3.05, 3.63) is 70.9 Å². The number of anilines is 2. The minimum Gasteiger partial charge on any atom is -0.360 e. The number of nitrogens with one attached hydrogen (secondary N) is 2. The van der Waals surface area contributed by atoms with Crippen molar-refractivity contribution < 1.29 is 9.59 Å². The van der Waals surface area contributed by atoms with Crippen molar-refractivity contribution in [3.8, 4) is 6.07 Å². The first kappa shape index (κ1) is 18.0. The maximum absolute atomic E-state index is 12.2. The molecule has 2 N–H and O–H groups in total. The van der Waals surface area contributed by atoms with Gasteiger partial charge in [-0.25, -0.2) is 0 Å². The highest BCUT2D eigenvalue weighted by Crippen LogP contribution is 2.15. The first-order valence-corrected chi connectivity index (χ1v) is 7.77. The van der Waals surface area contributed by atoms with Crippen molar-refractivity contribution in [2.75, 3.05) is 10.6 Å². The molecule has 0 unspecified atom stereocenters. The highest BCUT2D eigenvalue weighted by atomic mass is 16.1. The van der Waals surface area contributed by atoms with E-state index in [0.717, 1.165) is 16.8 Å². The maximum atomic E-state index is 12.2. The van der Waals surface area contributed by atoms with Crippen molar-refractivity contribution in [1.29, 1.82) is 5.26 Å². The number of amides is 1. The Labute approximate surface area is 147 Å². The summed E-state index contributed by atoms with van der Waals surface area (Å²) in [5.74, 6) is -0.636. The average molecular weight is 333 g/mol. The van der Waals surface area contributed by atoms with E-state index in [1.165, 1.54) is 13.1 Å². The predicted octanol–water partition coefficient (Wildman–Crippen LogP) is 3.96. The SMILES string of the molecule is CC(=O)c1cccc(NC(=O)/C(C#N)=C\Nc2ccc(C)c(C)c2)c1. The van der Waals surface area contributed by atoms with E-state index in [1.54, 1.807) is 24.3 Å². The Morgan fingerprint density at radius 2 is 1.80 bits per heavy atom. The summed E-state index contributed by atoms with van der Waals surface area (Å²) in [5.41, 5.74) is 3.97. The van der Waals surface area contributed by atoms with Gasteiger partial charge in [-0.1, -0.05) is 18.2 Å². The van der Waals surface area contributed by atoms with Crippen LogP contribution in [0.2, 0.25) is 0 Å². The van der Waals surface area contributed by atoms with Crippen molar-refractivity contribution in [1.82, 2.24) is 0 Å². The molecule has 0 bridgehead atoms. The summed E-state index contributed by atoms with van der Waals surface area (Å²) in [6.07, 6.45) is 1.37. The van der Waals surface area contributed by atoms with Gasteiger partial charge < -0.3 is 10.6 Å². The summed E-state index contributed by atoms with van der Waals surface area (Å²) in [7, 11) is 0. The van der Waals surface area contributed by atoms with Crippen LogP contribution < -0.4 is 10.6 Å². The minimum absolute atomic E-state index is 0.0635. The smallest absolute Gasteiger partial charge is 0.267 e. The molecular weight excluding hydrogens is 314 g/mol. The first-order chi connectivity index (χ1) is 11.9. The number of nitrogens with zero attached hydrogens (tertiary/aromatic N) is 1. The molecule has 0 spiro atoms. The molecule has 1 amide bonds. The molecule has 0 aliphatic heterocycles. The molecule has 0 atom stereocenters. The molecule has 5 heteroatoms. The number of benzene rings is 2. The lowest BCUT2D eigenvalue weighted by Crippen LogP contribution is -2.14. The second kappa shape index (κ2) is 7.93. The third-order valence-electron chi connectivity index (χ3n) is 3.78. The van der Waals surface area contributed by atoms with Gasteiger partial charge in [-0.05, 0) is 56.2 Å². The Bertz CT molecular complexity index is 892. The van der Waals surface area contributed by atoms with Gasteiger partial charge in [-0.3, -0.25) is 9.59 Å². The summed E-state index contributed by atoms with van der Waals surface area (Å²) < 4.78 is 0. The summed E-state index contributed by atoms with van der Waals surface area (Å²) in [6, 6.07) is 14.2. The fourth-order valence-corrected chi connectivity index (χ4v) is 2.15. The monoisotopic (exact) mass is 333 g/mol. The Hall–Kier alpha value is -3.39. The van der Waals surface area contributed by atoms with Gasteiger partial charge >= 0.3 is 0 Å². The number of hydrogen-bond donors (Lipinski definition) is 2. The van der Waals surface area contributed by atoms with Crippen LogP contribution in [0.1, 0.15) is 28.4 Å². The largest absolute Gasteiger partial charge is 0.360 e. The predicted molar refractivity (Wildman–Crippen MR) is 98.3 cm³/mol. The number of aryl methyl sites for hydroxylation is 2. The molecule has 126 valence electrons. The van der Waals surface area contributed by atoms with Crippen molar-refractivity contribution in [3.63, 3.8) is 0 Å². The van der Waals surface area contributed by atoms with Gasteiger partial charge in [-0.15, -0.1) is 0 Å². The average Bonchev–Trinajstić information content (AvgIpc) is 2.58. The molecule has 2 aromatic carbocycles. The molecule has 0 aliphatic carbocycles. The molecule has 0 aromatic heterocycles. The molecule has 0 saturated carbocycles. The molecular formula is C20H19N3O2. The summed E-state index contributed by atoms with van der Waals surface area (Å²) >= 11 is 0. The summed E-state index contributed by atoms with van der Waals surface area (Å²) in [6.45, 7) is 5.46. The molecule has 2 aromatic rings. The van der Waals surface area contributed by atoms with E-state index in [9.17, 15) is 14.9 Å². The standard InChI is InChI=1S/C20H19N3O2/c1-13-7-8-18(9-14(13)2)22-12-17(11-21)20(25)23-19-6-4-5-16(10-19)15(3)24/h4-10,12,22H,1-3H3,(H,23,25)/b17-12-. The van der Waals surface area contributed by atoms with Crippen LogP contribution >= 0.6 is 0 Å². The third-order valence-corrected chi connectivity index (χ3v) is 3.78. The lowest BCUT2D eigenvalue weighted by Gasteiger charge is -2.07. The van der Waals surface area contributed by atoms with E-state index in [0.29, 0.717) is 11.3 Å². The second-order valence-corrected chi connectivity index (χ2v) is 5.70. The summed E-state index contributed by atoms with van der Waals surface area (Å²) in [4.78, 5) is 23.6. The normalized spacial score (nSPS) is 10.7. The number of rotatable bonds is 5. The number of ketones is 1. The molecule has 0 fully saturated rings. The maximum Gasteiger partial charge on any atom is 0.267 e. The van der Waals surface area contributed by atoms with Gasteiger partial charge in [0.2, 0.25) is 0 Å². The summed E-state index contributed by atoms with van der Waals surface area (Å²) in [5, 5.41) is 14.8. The first-order valence-electron chi connectivity index (χ1n) is 7.77. The van der Waals surface area contributed by atoms with Crippen molar-refractivity contribution >= 4 is 23.1 Å². The molecule has 0 heterocycles. The van der Waals surface area contributed by atoms with Crippen LogP contribution in [0.3, 0.4) is 0 Å². The van der Waals surface area contributed by atoms with Gasteiger partial charge in [0, 0.05) is 23.1 Å². The zero-order valence-corrected chi connectivity index (χ0v) is 14.4. The van der Waals surface area contributed by atoms with Crippen LogP contribution in [-0.4, -0.2) is 11.7 Å². The Morgan fingerprint density at radius 1 is 1.04 bits per heavy atom. The van der Waals surface area contributed by atoms with E-state index in [4.69, 9.17) is 0 Å². The molecule has 25 heavy (non-hydrogen) atoms. The number of nitriles is 1. The van der Waals surface area contributed by atoms with Crippen molar-refractivity contribution in [2.45, 2.75) is 20.8 Å². The van der Waals surface area contributed by atoms with Crippen LogP contribution in [-0.2, 0) is 4.79 Å². The Balaban J connectivity index is 2.12. The molecule has 2 rings (SSSR count). The third kappa shape index (κ3) is 4.79. The molecule has 0 radical (unpaired) electrons. The zero-order valence-electron chi connectivity index (χ0n) is 14.4. The lowest BCUT2D eigenvalue weighted by atomic mass is 10.1. The van der Waals surface area contributed by atoms with Gasteiger partial charge in [0.1, 0.15) is 11.6 Å². The zero-order chi connectivity index (χ0) is 18.4. The number of hydrogen-bond acceptors (Lipinski definition) is 4. The van der Waals surface area contributed by atoms with Gasteiger partial charge in [0.05, 0.1) is 0 Å². The van der Waals surface area contributed by atoms with Gasteiger partial charge in [0.25, 0.3) is 5.91 Å².